The van der Waals surface area contributed by atoms with Crippen molar-refractivity contribution in [1.82, 2.24) is 10.2 Å². The topological polar surface area (TPSA) is 37.6 Å². The Labute approximate surface area is 121 Å². The maximum Gasteiger partial charge on any atom is 0.122 e. The largest absolute Gasteiger partial charge is 0.468 e. The highest BCUT2D eigenvalue weighted by molar-refractivity contribution is 5.17. The first-order valence-electron chi connectivity index (χ1n) is 7.97. The molecule has 2 fully saturated rings. The van der Waals surface area contributed by atoms with Gasteiger partial charge in [0.15, 0.2) is 0 Å². The van der Waals surface area contributed by atoms with Crippen LogP contribution in [0, 0.1) is 0 Å². The summed E-state index contributed by atoms with van der Waals surface area (Å²) in [6.07, 6.45) is 7.30. The molecule has 0 bridgehead atoms. The first-order chi connectivity index (χ1) is 9.85. The second-order valence-corrected chi connectivity index (χ2v) is 5.98. The predicted molar refractivity (Wildman–Crippen MR) is 78.5 cm³/mol. The highest BCUT2D eigenvalue weighted by Crippen LogP contribution is 2.22. The maximum atomic E-state index is 5.77. The number of rotatable bonds is 7. The third kappa shape index (κ3) is 3.84. The number of nitrogens with zero attached hydrogens (tertiary/aromatic N) is 1. The van der Waals surface area contributed by atoms with Gasteiger partial charge in [-0.1, -0.05) is 0 Å². The van der Waals surface area contributed by atoms with Gasteiger partial charge < -0.3 is 14.5 Å². The van der Waals surface area contributed by atoms with E-state index in [0.29, 0.717) is 6.10 Å². The van der Waals surface area contributed by atoms with Gasteiger partial charge in [0, 0.05) is 31.3 Å². The van der Waals surface area contributed by atoms with Crippen LogP contribution >= 0.6 is 0 Å². The molecule has 1 unspecified atom stereocenters. The summed E-state index contributed by atoms with van der Waals surface area (Å²) in [6, 6.07) is 2.85. The molecule has 1 aromatic rings. The van der Waals surface area contributed by atoms with Crippen molar-refractivity contribution >= 4 is 0 Å². The SMILES string of the molecule is CCOC1CCCN(Cc2ccoc2CNC2CC2)C1. The fourth-order valence-corrected chi connectivity index (χ4v) is 2.96. The highest BCUT2D eigenvalue weighted by Gasteiger charge is 2.23. The molecule has 112 valence electrons. The maximum absolute atomic E-state index is 5.77. The van der Waals surface area contributed by atoms with Gasteiger partial charge in [-0.2, -0.15) is 0 Å². The minimum atomic E-state index is 0.411. The summed E-state index contributed by atoms with van der Waals surface area (Å²) >= 11 is 0. The Morgan fingerprint density at radius 2 is 2.30 bits per heavy atom. The van der Waals surface area contributed by atoms with Crippen LogP contribution < -0.4 is 5.32 Å². The molecule has 0 spiro atoms. The lowest BCUT2D eigenvalue weighted by molar-refractivity contribution is 0.00349. The number of piperidine rings is 1. The molecule has 4 nitrogen and oxygen atoms in total. The molecule has 2 aliphatic rings. The van der Waals surface area contributed by atoms with Gasteiger partial charge in [0.05, 0.1) is 18.9 Å². The second kappa shape index (κ2) is 6.74. The number of hydrogen-bond acceptors (Lipinski definition) is 4. The molecule has 2 heterocycles. The van der Waals surface area contributed by atoms with E-state index < -0.39 is 0 Å². The molecule has 1 aromatic heterocycles. The van der Waals surface area contributed by atoms with Crippen molar-refractivity contribution < 1.29 is 9.15 Å². The van der Waals surface area contributed by atoms with Crippen molar-refractivity contribution in [2.24, 2.45) is 0 Å². The number of hydrogen-bond donors (Lipinski definition) is 1. The third-order valence-corrected chi connectivity index (χ3v) is 4.22. The zero-order valence-corrected chi connectivity index (χ0v) is 12.4. The fourth-order valence-electron chi connectivity index (χ4n) is 2.96. The van der Waals surface area contributed by atoms with E-state index in [1.165, 1.54) is 37.8 Å². The summed E-state index contributed by atoms with van der Waals surface area (Å²) in [6.45, 7) is 6.98. The van der Waals surface area contributed by atoms with E-state index in [0.717, 1.165) is 38.0 Å². The molecule has 0 amide bonds. The third-order valence-electron chi connectivity index (χ3n) is 4.22. The van der Waals surface area contributed by atoms with Crippen molar-refractivity contribution in [2.45, 2.75) is 57.8 Å². The molecule has 4 heteroatoms. The molecule has 1 aliphatic carbocycles. The van der Waals surface area contributed by atoms with Crippen molar-refractivity contribution in [3.8, 4) is 0 Å². The zero-order chi connectivity index (χ0) is 13.8. The first-order valence-corrected chi connectivity index (χ1v) is 7.97. The molecule has 1 aliphatic heterocycles. The molecule has 0 aromatic carbocycles. The molecule has 1 atom stereocenters. The Balaban J connectivity index is 1.52. The van der Waals surface area contributed by atoms with E-state index >= 15 is 0 Å². The van der Waals surface area contributed by atoms with Crippen molar-refractivity contribution in [3.05, 3.63) is 23.7 Å². The summed E-state index contributed by atoms with van der Waals surface area (Å²) in [5, 5.41) is 3.53. The fraction of sp³-hybridized carbons (Fsp3) is 0.750. The predicted octanol–water partition coefficient (Wildman–Crippen LogP) is 2.53. The Bertz CT molecular complexity index is 412. The zero-order valence-electron chi connectivity index (χ0n) is 12.4. The van der Waals surface area contributed by atoms with E-state index in [1.54, 1.807) is 0 Å². The Hall–Kier alpha value is -0.840. The average molecular weight is 278 g/mol. The molecule has 1 saturated heterocycles. The Kier molecular flexibility index (Phi) is 4.76. The minimum Gasteiger partial charge on any atom is -0.468 e. The van der Waals surface area contributed by atoms with Crippen molar-refractivity contribution in [1.29, 1.82) is 0 Å². The monoisotopic (exact) mass is 278 g/mol. The van der Waals surface area contributed by atoms with Gasteiger partial charge in [-0.25, -0.2) is 0 Å². The summed E-state index contributed by atoms with van der Waals surface area (Å²) in [4.78, 5) is 2.50. The van der Waals surface area contributed by atoms with Crippen LogP contribution in [0.25, 0.3) is 0 Å². The molecule has 0 radical (unpaired) electrons. The summed E-state index contributed by atoms with van der Waals surface area (Å²) in [5.74, 6) is 1.11. The van der Waals surface area contributed by atoms with Gasteiger partial charge in [-0.05, 0) is 45.2 Å². The first kappa shape index (κ1) is 14.1. The van der Waals surface area contributed by atoms with E-state index in [4.69, 9.17) is 9.15 Å². The molecular weight excluding hydrogens is 252 g/mol. The number of furan rings is 1. The molecular formula is C16H26N2O2. The Morgan fingerprint density at radius 1 is 1.40 bits per heavy atom. The van der Waals surface area contributed by atoms with Crippen LogP contribution in [0.15, 0.2) is 16.7 Å². The standard InChI is InChI=1S/C16H26N2O2/c1-2-19-15-4-3-8-18(12-15)11-13-7-9-20-16(13)10-17-14-5-6-14/h7,9,14-15,17H,2-6,8,10-12H2,1H3. The number of ether oxygens (including phenoxy) is 1. The highest BCUT2D eigenvalue weighted by atomic mass is 16.5. The minimum absolute atomic E-state index is 0.411. The quantitative estimate of drug-likeness (QED) is 0.831. The molecule has 20 heavy (non-hydrogen) atoms. The average Bonchev–Trinajstić information content (AvgIpc) is 3.18. The van der Waals surface area contributed by atoms with Crippen LogP contribution in [0.2, 0.25) is 0 Å². The van der Waals surface area contributed by atoms with Gasteiger partial charge in [-0.3, -0.25) is 4.90 Å². The second-order valence-electron chi connectivity index (χ2n) is 5.98. The smallest absolute Gasteiger partial charge is 0.122 e. The lowest BCUT2D eigenvalue weighted by atomic mass is 10.1. The summed E-state index contributed by atoms with van der Waals surface area (Å²) in [5.41, 5.74) is 1.33. The van der Waals surface area contributed by atoms with Crippen LogP contribution in [0.3, 0.4) is 0 Å². The van der Waals surface area contributed by atoms with Crippen molar-refractivity contribution in [2.75, 3.05) is 19.7 Å². The molecule has 1 N–H and O–H groups in total. The van der Waals surface area contributed by atoms with Crippen LogP contribution in [-0.2, 0) is 17.8 Å². The summed E-state index contributed by atoms with van der Waals surface area (Å²) in [7, 11) is 0. The van der Waals surface area contributed by atoms with Crippen LogP contribution in [0.4, 0.5) is 0 Å². The Morgan fingerprint density at radius 3 is 3.10 bits per heavy atom. The van der Waals surface area contributed by atoms with E-state index in [2.05, 4.69) is 23.2 Å². The van der Waals surface area contributed by atoms with Gasteiger partial charge in [-0.15, -0.1) is 0 Å². The lowest BCUT2D eigenvalue weighted by Crippen LogP contribution is -2.39. The van der Waals surface area contributed by atoms with Crippen LogP contribution in [0.5, 0.6) is 0 Å². The summed E-state index contributed by atoms with van der Waals surface area (Å²) < 4.78 is 11.4. The molecule has 3 rings (SSSR count). The van der Waals surface area contributed by atoms with Gasteiger partial charge in [0.25, 0.3) is 0 Å². The van der Waals surface area contributed by atoms with E-state index in [1.807, 2.05) is 6.26 Å². The van der Waals surface area contributed by atoms with Crippen molar-refractivity contribution in [3.63, 3.8) is 0 Å². The normalized spacial score (nSPS) is 24.1. The van der Waals surface area contributed by atoms with E-state index in [9.17, 15) is 0 Å². The van der Waals surface area contributed by atoms with Gasteiger partial charge in [0.1, 0.15) is 5.76 Å². The van der Waals surface area contributed by atoms with Crippen LogP contribution in [-0.4, -0.2) is 36.7 Å². The molecule has 1 saturated carbocycles. The van der Waals surface area contributed by atoms with Gasteiger partial charge >= 0.3 is 0 Å². The lowest BCUT2D eigenvalue weighted by Gasteiger charge is -2.32. The number of likely N-dealkylation sites (tertiary alicyclic amines) is 1. The van der Waals surface area contributed by atoms with E-state index in [-0.39, 0.29) is 0 Å². The van der Waals surface area contributed by atoms with Gasteiger partial charge in [0.2, 0.25) is 0 Å². The van der Waals surface area contributed by atoms with Crippen LogP contribution in [0.1, 0.15) is 43.9 Å². The number of nitrogens with one attached hydrogen (secondary N) is 1.